The lowest BCUT2D eigenvalue weighted by Gasteiger charge is -2.19. The number of nitrogens with zero attached hydrogens (tertiary/aromatic N) is 2. The van der Waals surface area contributed by atoms with E-state index in [0.29, 0.717) is 5.13 Å². The quantitative estimate of drug-likeness (QED) is 0.875. The Labute approximate surface area is 115 Å². The largest absolute Gasteiger partial charge is 0.312 e. The lowest BCUT2D eigenvalue weighted by molar-refractivity contribution is 0.102. The van der Waals surface area contributed by atoms with Crippen LogP contribution in [0.4, 0.5) is 5.13 Å². The van der Waals surface area contributed by atoms with E-state index in [2.05, 4.69) is 26.9 Å². The zero-order valence-electron chi connectivity index (χ0n) is 10.6. The van der Waals surface area contributed by atoms with Crippen LogP contribution in [-0.2, 0) is 13.0 Å². The number of benzene rings is 1. The third kappa shape index (κ3) is 2.50. The van der Waals surface area contributed by atoms with Crippen molar-refractivity contribution >= 4 is 22.4 Å². The minimum atomic E-state index is -0.102. The number of hydrogen-bond donors (Lipinski definition) is 2. The zero-order valence-corrected chi connectivity index (χ0v) is 11.4. The van der Waals surface area contributed by atoms with Gasteiger partial charge < -0.3 is 5.32 Å². The fourth-order valence-electron chi connectivity index (χ4n) is 2.26. The summed E-state index contributed by atoms with van der Waals surface area (Å²) in [7, 11) is 0. The van der Waals surface area contributed by atoms with Crippen LogP contribution in [0.5, 0.6) is 0 Å². The first-order valence-corrected chi connectivity index (χ1v) is 6.98. The summed E-state index contributed by atoms with van der Waals surface area (Å²) in [4.78, 5) is 12.3. The molecule has 0 saturated carbocycles. The van der Waals surface area contributed by atoms with Crippen molar-refractivity contribution in [3.8, 4) is 0 Å². The van der Waals surface area contributed by atoms with Gasteiger partial charge in [0.15, 0.2) is 0 Å². The first kappa shape index (κ1) is 12.3. The highest BCUT2D eigenvalue weighted by atomic mass is 32.1. The third-order valence-corrected chi connectivity index (χ3v) is 3.89. The van der Waals surface area contributed by atoms with E-state index in [1.54, 1.807) is 0 Å². The van der Waals surface area contributed by atoms with Gasteiger partial charge in [0.05, 0.1) is 0 Å². The smallest absolute Gasteiger partial charge is 0.257 e. The van der Waals surface area contributed by atoms with E-state index in [4.69, 9.17) is 0 Å². The molecule has 1 aromatic carbocycles. The summed E-state index contributed by atoms with van der Waals surface area (Å²) in [6.07, 6.45) is 0.883. The molecule has 0 saturated heterocycles. The average Bonchev–Trinajstić information content (AvgIpc) is 2.83. The van der Waals surface area contributed by atoms with Crippen LogP contribution in [0.2, 0.25) is 0 Å². The second-order valence-electron chi connectivity index (χ2n) is 4.45. The molecule has 2 N–H and O–H groups in total. The molecular formula is C13H14N4OS. The van der Waals surface area contributed by atoms with Gasteiger partial charge in [-0.15, -0.1) is 10.2 Å². The molecule has 19 heavy (non-hydrogen) atoms. The first-order valence-electron chi connectivity index (χ1n) is 6.17. The molecule has 0 spiro atoms. The molecule has 5 nitrogen and oxygen atoms in total. The highest BCUT2D eigenvalue weighted by Gasteiger charge is 2.18. The van der Waals surface area contributed by atoms with Crippen LogP contribution in [0.1, 0.15) is 26.5 Å². The van der Waals surface area contributed by atoms with Gasteiger partial charge in [-0.05, 0) is 37.1 Å². The molecule has 1 aliphatic heterocycles. The molecule has 2 heterocycles. The Kier molecular flexibility index (Phi) is 3.27. The van der Waals surface area contributed by atoms with Crippen LogP contribution in [0.15, 0.2) is 18.2 Å². The number of fused-ring (bicyclic) bond motifs is 1. The van der Waals surface area contributed by atoms with E-state index in [1.807, 2.05) is 19.1 Å². The molecule has 1 aliphatic rings. The van der Waals surface area contributed by atoms with E-state index in [-0.39, 0.29) is 5.91 Å². The van der Waals surface area contributed by atoms with Crippen molar-refractivity contribution in [3.63, 3.8) is 0 Å². The number of rotatable bonds is 2. The van der Waals surface area contributed by atoms with Crippen molar-refractivity contribution in [2.75, 3.05) is 11.9 Å². The van der Waals surface area contributed by atoms with Crippen LogP contribution >= 0.6 is 11.3 Å². The molecule has 2 aromatic rings. The van der Waals surface area contributed by atoms with E-state index in [9.17, 15) is 4.79 Å². The fraction of sp³-hybridized carbons (Fsp3) is 0.308. The van der Waals surface area contributed by atoms with Crippen molar-refractivity contribution in [2.45, 2.75) is 19.9 Å². The molecule has 0 radical (unpaired) electrons. The zero-order chi connectivity index (χ0) is 13.2. The van der Waals surface area contributed by atoms with Gasteiger partial charge in [0, 0.05) is 12.1 Å². The second kappa shape index (κ2) is 5.07. The molecule has 0 aliphatic carbocycles. The summed E-state index contributed by atoms with van der Waals surface area (Å²) in [6.45, 7) is 3.60. The fourth-order valence-corrected chi connectivity index (χ4v) is 2.84. The van der Waals surface area contributed by atoms with Crippen molar-refractivity contribution in [1.29, 1.82) is 0 Å². The van der Waals surface area contributed by atoms with E-state index in [0.717, 1.165) is 35.6 Å². The minimum absolute atomic E-state index is 0.102. The Balaban J connectivity index is 1.87. The summed E-state index contributed by atoms with van der Waals surface area (Å²) in [5, 5.41) is 15.3. The Morgan fingerprint density at radius 1 is 1.42 bits per heavy atom. The number of carbonyl (C=O) groups is 1. The Morgan fingerprint density at radius 2 is 2.32 bits per heavy atom. The van der Waals surface area contributed by atoms with Crippen LogP contribution in [0, 0.1) is 6.92 Å². The molecule has 98 valence electrons. The molecule has 1 aromatic heterocycles. The topological polar surface area (TPSA) is 66.9 Å². The number of carbonyl (C=O) groups excluding carboxylic acids is 1. The maximum Gasteiger partial charge on any atom is 0.257 e. The molecule has 0 atom stereocenters. The van der Waals surface area contributed by atoms with Gasteiger partial charge in [0.25, 0.3) is 5.91 Å². The van der Waals surface area contributed by atoms with E-state index in [1.165, 1.54) is 16.9 Å². The van der Waals surface area contributed by atoms with Crippen molar-refractivity contribution in [2.24, 2.45) is 0 Å². The van der Waals surface area contributed by atoms with E-state index < -0.39 is 0 Å². The van der Waals surface area contributed by atoms with Gasteiger partial charge in [0.1, 0.15) is 5.01 Å². The standard InChI is InChI=1S/C13H14N4OS/c1-8-16-17-13(19-8)15-12(18)11-4-2-3-9-7-14-6-5-10(9)11/h2-4,14H,5-7H2,1H3,(H,15,17,18). The van der Waals surface area contributed by atoms with Crippen molar-refractivity contribution < 1.29 is 4.79 Å². The van der Waals surface area contributed by atoms with Crippen LogP contribution in [-0.4, -0.2) is 22.6 Å². The summed E-state index contributed by atoms with van der Waals surface area (Å²) < 4.78 is 0. The summed E-state index contributed by atoms with van der Waals surface area (Å²) in [5.41, 5.74) is 3.08. The average molecular weight is 274 g/mol. The van der Waals surface area contributed by atoms with Crippen LogP contribution < -0.4 is 10.6 Å². The summed E-state index contributed by atoms with van der Waals surface area (Å²) >= 11 is 1.38. The normalized spacial score (nSPS) is 13.9. The minimum Gasteiger partial charge on any atom is -0.312 e. The van der Waals surface area contributed by atoms with Crippen LogP contribution in [0.3, 0.4) is 0 Å². The summed E-state index contributed by atoms with van der Waals surface area (Å²) in [5.74, 6) is -0.102. The molecular weight excluding hydrogens is 260 g/mol. The Hall–Kier alpha value is -1.79. The maximum absolute atomic E-state index is 12.3. The third-order valence-electron chi connectivity index (χ3n) is 3.13. The molecule has 0 bridgehead atoms. The molecule has 6 heteroatoms. The molecule has 0 fully saturated rings. The van der Waals surface area contributed by atoms with E-state index >= 15 is 0 Å². The second-order valence-corrected chi connectivity index (χ2v) is 5.63. The highest BCUT2D eigenvalue weighted by molar-refractivity contribution is 7.15. The number of amides is 1. The Morgan fingerprint density at radius 3 is 3.11 bits per heavy atom. The van der Waals surface area contributed by atoms with Gasteiger partial charge in [-0.25, -0.2) is 0 Å². The predicted molar refractivity (Wildman–Crippen MR) is 74.5 cm³/mol. The summed E-state index contributed by atoms with van der Waals surface area (Å²) in [6, 6.07) is 5.85. The maximum atomic E-state index is 12.3. The van der Waals surface area contributed by atoms with Crippen LogP contribution in [0.25, 0.3) is 0 Å². The van der Waals surface area contributed by atoms with Gasteiger partial charge in [-0.1, -0.05) is 23.5 Å². The highest BCUT2D eigenvalue weighted by Crippen LogP contribution is 2.21. The van der Waals surface area contributed by atoms with Crippen molar-refractivity contribution in [1.82, 2.24) is 15.5 Å². The number of aryl methyl sites for hydroxylation is 1. The lowest BCUT2D eigenvalue weighted by Crippen LogP contribution is -2.26. The SMILES string of the molecule is Cc1nnc(NC(=O)c2cccc3c2CCNC3)s1. The molecule has 0 unspecified atom stereocenters. The lowest BCUT2D eigenvalue weighted by atomic mass is 9.95. The number of aromatic nitrogens is 2. The molecule has 3 rings (SSSR count). The monoisotopic (exact) mass is 274 g/mol. The van der Waals surface area contributed by atoms with Gasteiger partial charge >= 0.3 is 0 Å². The number of nitrogens with one attached hydrogen (secondary N) is 2. The number of hydrogen-bond acceptors (Lipinski definition) is 5. The predicted octanol–water partition coefficient (Wildman–Crippen LogP) is 1.74. The van der Waals surface area contributed by atoms with Crippen molar-refractivity contribution in [3.05, 3.63) is 39.9 Å². The van der Waals surface area contributed by atoms with Gasteiger partial charge in [0.2, 0.25) is 5.13 Å². The Bertz CT molecular complexity index is 623. The molecule has 1 amide bonds. The van der Waals surface area contributed by atoms with Gasteiger partial charge in [-0.3, -0.25) is 10.1 Å². The first-order chi connectivity index (χ1) is 9.24. The van der Waals surface area contributed by atoms with Gasteiger partial charge in [-0.2, -0.15) is 0 Å². The number of anilines is 1.